The standard InChI is InChI=1S/C12H18Br2N2O2S/c1-7(2)8(3)16(4)19(17,18)12-10(13)5-9(15)6-11(12)14/h5-8H,15H2,1-4H3. The zero-order valence-corrected chi connectivity index (χ0v) is 15.3. The third-order valence-electron chi connectivity index (χ3n) is 3.20. The molecule has 0 bridgehead atoms. The molecule has 1 aromatic rings. The van der Waals surface area contributed by atoms with E-state index in [4.69, 9.17) is 5.73 Å². The second-order valence-electron chi connectivity index (χ2n) is 4.82. The van der Waals surface area contributed by atoms with Crippen molar-refractivity contribution in [2.24, 2.45) is 5.92 Å². The molecule has 0 aromatic heterocycles. The molecule has 108 valence electrons. The van der Waals surface area contributed by atoms with Crippen molar-refractivity contribution in [1.82, 2.24) is 4.31 Å². The van der Waals surface area contributed by atoms with Crippen LogP contribution in [0, 0.1) is 5.92 Å². The van der Waals surface area contributed by atoms with Gasteiger partial charge < -0.3 is 5.73 Å². The Morgan fingerprint density at radius 1 is 1.16 bits per heavy atom. The zero-order chi connectivity index (χ0) is 15.0. The zero-order valence-electron chi connectivity index (χ0n) is 11.3. The maximum Gasteiger partial charge on any atom is 0.245 e. The van der Waals surface area contributed by atoms with E-state index in [1.807, 2.05) is 20.8 Å². The fourth-order valence-corrected chi connectivity index (χ4v) is 5.64. The second-order valence-corrected chi connectivity index (χ2v) is 8.46. The van der Waals surface area contributed by atoms with E-state index >= 15 is 0 Å². The Kier molecular flexibility index (Phi) is 5.45. The smallest absolute Gasteiger partial charge is 0.245 e. The molecule has 0 saturated carbocycles. The SMILES string of the molecule is CC(C)C(C)N(C)S(=O)(=O)c1c(Br)cc(N)cc1Br. The molecule has 0 heterocycles. The lowest BCUT2D eigenvalue weighted by Crippen LogP contribution is -2.38. The van der Waals surface area contributed by atoms with Gasteiger partial charge in [-0.05, 0) is 56.8 Å². The van der Waals surface area contributed by atoms with Crippen LogP contribution in [-0.4, -0.2) is 25.8 Å². The highest BCUT2D eigenvalue weighted by Gasteiger charge is 2.30. The van der Waals surface area contributed by atoms with Crippen molar-refractivity contribution in [2.45, 2.75) is 31.7 Å². The van der Waals surface area contributed by atoms with Crippen LogP contribution in [0.5, 0.6) is 0 Å². The number of anilines is 1. The fourth-order valence-electron chi connectivity index (χ4n) is 1.61. The van der Waals surface area contributed by atoms with E-state index in [1.54, 1.807) is 19.2 Å². The van der Waals surface area contributed by atoms with E-state index in [-0.39, 0.29) is 16.9 Å². The molecule has 1 rings (SSSR count). The highest BCUT2D eigenvalue weighted by atomic mass is 79.9. The average molecular weight is 414 g/mol. The normalized spacial score (nSPS) is 14.1. The summed E-state index contributed by atoms with van der Waals surface area (Å²) in [6.07, 6.45) is 0. The average Bonchev–Trinajstić information content (AvgIpc) is 2.24. The summed E-state index contributed by atoms with van der Waals surface area (Å²) in [5, 5.41) is 0. The number of rotatable bonds is 4. The first-order valence-electron chi connectivity index (χ1n) is 5.81. The maximum atomic E-state index is 12.7. The molecule has 19 heavy (non-hydrogen) atoms. The molecule has 1 unspecified atom stereocenters. The fraction of sp³-hybridized carbons (Fsp3) is 0.500. The summed E-state index contributed by atoms with van der Waals surface area (Å²) >= 11 is 6.54. The molecule has 1 aromatic carbocycles. The van der Waals surface area contributed by atoms with Crippen molar-refractivity contribution < 1.29 is 8.42 Å². The van der Waals surface area contributed by atoms with Gasteiger partial charge in [0.05, 0.1) is 0 Å². The minimum atomic E-state index is -3.58. The van der Waals surface area contributed by atoms with Gasteiger partial charge in [-0.1, -0.05) is 13.8 Å². The number of sulfonamides is 1. The quantitative estimate of drug-likeness (QED) is 0.768. The molecule has 7 heteroatoms. The highest BCUT2D eigenvalue weighted by Crippen LogP contribution is 2.35. The van der Waals surface area contributed by atoms with E-state index in [2.05, 4.69) is 31.9 Å². The second kappa shape index (κ2) is 6.11. The summed E-state index contributed by atoms with van der Waals surface area (Å²) < 4.78 is 27.6. The van der Waals surface area contributed by atoms with Crippen LogP contribution in [-0.2, 0) is 10.0 Å². The number of halogens is 2. The van der Waals surface area contributed by atoms with E-state index in [1.165, 1.54) is 4.31 Å². The number of nitrogens with zero attached hydrogens (tertiary/aromatic N) is 1. The van der Waals surface area contributed by atoms with Gasteiger partial charge in [0.15, 0.2) is 0 Å². The monoisotopic (exact) mass is 412 g/mol. The Balaban J connectivity index is 3.36. The molecule has 0 aliphatic heterocycles. The van der Waals surface area contributed by atoms with Crippen LogP contribution in [0.25, 0.3) is 0 Å². The summed E-state index contributed by atoms with van der Waals surface area (Å²) in [5.74, 6) is 0.228. The third-order valence-corrected chi connectivity index (χ3v) is 7.02. The lowest BCUT2D eigenvalue weighted by atomic mass is 10.1. The molecule has 1 atom stereocenters. The first-order chi connectivity index (χ1) is 8.59. The first-order valence-corrected chi connectivity index (χ1v) is 8.84. The van der Waals surface area contributed by atoms with Gasteiger partial charge in [-0.3, -0.25) is 0 Å². The summed E-state index contributed by atoms with van der Waals surface area (Å²) in [5.41, 5.74) is 6.18. The Hall–Kier alpha value is -0.110. The molecule has 2 N–H and O–H groups in total. The van der Waals surface area contributed by atoms with Gasteiger partial charge in [0.2, 0.25) is 10.0 Å². The predicted octanol–water partition coefficient (Wildman–Crippen LogP) is 3.46. The predicted molar refractivity (Wildman–Crippen MR) is 85.5 cm³/mol. The van der Waals surface area contributed by atoms with Gasteiger partial charge in [0, 0.05) is 27.7 Å². The number of nitrogens with two attached hydrogens (primary N) is 1. The molecule has 0 aliphatic carbocycles. The van der Waals surface area contributed by atoms with E-state index in [0.29, 0.717) is 14.6 Å². The lowest BCUT2D eigenvalue weighted by Gasteiger charge is -2.28. The van der Waals surface area contributed by atoms with Crippen LogP contribution in [0.1, 0.15) is 20.8 Å². The van der Waals surface area contributed by atoms with Crippen LogP contribution in [0.2, 0.25) is 0 Å². The number of hydrogen-bond acceptors (Lipinski definition) is 3. The van der Waals surface area contributed by atoms with Gasteiger partial charge in [-0.25, -0.2) is 8.42 Å². The van der Waals surface area contributed by atoms with E-state index in [0.717, 1.165) is 0 Å². The van der Waals surface area contributed by atoms with Gasteiger partial charge in [-0.15, -0.1) is 0 Å². The molecular formula is C12H18Br2N2O2S. The minimum Gasteiger partial charge on any atom is -0.399 e. The van der Waals surface area contributed by atoms with Crippen LogP contribution >= 0.6 is 31.9 Å². The largest absolute Gasteiger partial charge is 0.399 e. The van der Waals surface area contributed by atoms with Crippen molar-refractivity contribution in [3.8, 4) is 0 Å². The summed E-state index contributed by atoms with van der Waals surface area (Å²) in [6.45, 7) is 5.87. The van der Waals surface area contributed by atoms with Crippen LogP contribution < -0.4 is 5.73 Å². The van der Waals surface area contributed by atoms with Crippen LogP contribution in [0.15, 0.2) is 26.0 Å². The van der Waals surface area contributed by atoms with E-state index in [9.17, 15) is 8.42 Å². The molecule has 0 aliphatic rings. The first kappa shape index (κ1) is 16.9. The Morgan fingerprint density at radius 3 is 1.95 bits per heavy atom. The van der Waals surface area contributed by atoms with Crippen molar-refractivity contribution in [3.63, 3.8) is 0 Å². The molecule has 0 spiro atoms. The van der Waals surface area contributed by atoms with Crippen molar-refractivity contribution in [3.05, 3.63) is 21.1 Å². The lowest BCUT2D eigenvalue weighted by molar-refractivity contribution is 0.315. The van der Waals surface area contributed by atoms with Crippen molar-refractivity contribution in [1.29, 1.82) is 0 Å². The third kappa shape index (κ3) is 3.51. The number of benzene rings is 1. The van der Waals surface area contributed by atoms with Gasteiger partial charge in [-0.2, -0.15) is 4.31 Å². The Morgan fingerprint density at radius 2 is 1.58 bits per heavy atom. The maximum absolute atomic E-state index is 12.7. The minimum absolute atomic E-state index is 0.0960. The van der Waals surface area contributed by atoms with Gasteiger partial charge >= 0.3 is 0 Å². The summed E-state index contributed by atoms with van der Waals surface area (Å²) in [7, 11) is -1.98. The molecule has 0 fully saturated rings. The molecule has 4 nitrogen and oxygen atoms in total. The molecular weight excluding hydrogens is 396 g/mol. The summed E-state index contributed by atoms with van der Waals surface area (Å²) in [4.78, 5) is 0.205. The summed E-state index contributed by atoms with van der Waals surface area (Å²) in [6, 6.07) is 3.08. The van der Waals surface area contributed by atoms with Gasteiger partial charge in [0.25, 0.3) is 0 Å². The van der Waals surface area contributed by atoms with Crippen molar-refractivity contribution >= 4 is 47.6 Å². The van der Waals surface area contributed by atoms with Crippen LogP contribution in [0.3, 0.4) is 0 Å². The number of nitrogen functional groups attached to an aromatic ring is 1. The number of hydrogen-bond donors (Lipinski definition) is 1. The molecule has 0 radical (unpaired) electrons. The topological polar surface area (TPSA) is 63.4 Å². The molecule has 0 amide bonds. The Labute approximate surface area is 131 Å². The molecule has 0 saturated heterocycles. The van der Waals surface area contributed by atoms with Crippen molar-refractivity contribution in [2.75, 3.05) is 12.8 Å². The van der Waals surface area contributed by atoms with E-state index < -0.39 is 10.0 Å². The Bertz CT molecular complexity index is 550. The van der Waals surface area contributed by atoms with Crippen LogP contribution in [0.4, 0.5) is 5.69 Å². The van der Waals surface area contributed by atoms with Gasteiger partial charge in [0.1, 0.15) is 4.90 Å². The highest BCUT2D eigenvalue weighted by molar-refractivity contribution is 9.11.